The third-order valence-electron chi connectivity index (χ3n) is 7.01. The Hall–Kier alpha value is -4.77. The van der Waals surface area contributed by atoms with Crippen molar-refractivity contribution in [2.24, 2.45) is 0 Å². The normalized spacial score (nSPS) is 11.0. The lowest BCUT2D eigenvalue weighted by Crippen LogP contribution is -2.34. The predicted molar refractivity (Wildman–Crippen MR) is 168 cm³/mol. The Morgan fingerprint density at radius 3 is 2.14 bits per heavy atom. The molecule has 232 valence electrons. The van der Waals surface area contributed by atoms with Gasteiger partial charge in [0.15, 0.2) is 0 Å². The van der Waals surface area contributed by atoms with Crippen LogP contribution >= 0.6 is 0 Å². The molecule has 44 heavy (non-hydrogen) atoms. The quantitative estimate of drug-likeness (QED) is 0.166. The van der Waals surface area contributed by atoms with Crippen molar-refractivity contribution in [2.45, 2.75) is 31.8 Å². The number of carbonyl (C=O) groups excluding carboxylic acids is 1. The van der Waals surface area contributed by atoms with E-state index in [4.69, 9.17) is 13.7 Å². The molecular formula is C33H36FN3O6S. The highest BCUT2D eigenvalue weighted by Crippen LogP contribution is 2.31. The number of para-hydroxylation sites is 2. The third kappa shape index (κ3) is 7.99. The number of hydrogen-bond acceptors (Lipinski definition) is 7. The highest BCUT2D eigenvalue weighted by atomic mass is 32.2. The molecule has 4 rings (SSSR count). The summed E-state index contributed by atoms with van der Waals surface area (Å²) in [6, 6.07) is 23.5. The molecule has 0 unspecified atom stereocenters. The van der Waals surface area contributed by atoms with E-state index in [1.54, 1.807) is 48.5 Å². The maximum atomic E-state index is 13.7. The Morgan fingerprint density at radius 2 is 1.50 bits per heavy atom. The van der Waals surface area contributed by atoms with Crippen molar-refractivity contribution in [1.29, 1.82) is 0 Å². The number of urea groups is 1. The van der Waals surface area contributed by atoms with Gasteiger partial charge >= 0.3 is 16.1 Å². The van der Waals surface area contributed by atoms with Crippen LogP contribution in [-0.2, 0) is 23.2 Å². The van der Waals surface area contributed by atoms with Crippen LogP contribution in [0.15, 0.2) is 95.9 Å². The summed E-state index contributed by atoms with van der Waals surface area (Å²) in [4.78, 5) is 17.2. The molecule has 0 bridgehead atoms. The zero-order valence-electron chi connectivity index (χ0n) is 25.1. The van der Waals surface area contributed by atoms with Crippen LogP contribution in [0.4, 0.5) is 20.6 Å². The Morgan fingerprint density at radius 1 is 0.818 bits per heavy atom. The van der Waals surface area contributed by atoms with Gasteiger partial charge in [-0.1, -0.05) is 30.3 Å². The van der Waals surface area contributed by atoms with Gasteiger partial charge in [0, 0.05) is 37.0 Å². The largest absolute Gasteiger partial charge is 0.497 e. The molecule has 4 aromatic rings. The summed E-state index contributed by atoms with van der Waals surface area (Å²) >= 11 is 0. The van der Waals surface area contributed by atoms with Crippen LogP contribution in [-0.4, -0.2) is 46.7 Å². The van der Waals surface area contributed by atoms with Crippen molar-refractivity contribution in [3.63, 3.8) is 0 Å². The van der Waals surface area contributed by atoms with E-state index in [9.17, 15) is 17.6 Å². The fraction of sp³-hybridized carbons (Fsp3) is 0.242. The first-order valence-electron chi connectivity index (χ1n) is 14.1. The number of carbonyl (C=O) groups is 1. The summed E-state index contributed by atoms with van der Waals surface area (Å²) in [5, 5.41) is 2.87. The van der Waals surface area contributed by atoms with Crippen molar-refractivity contribution in [3.05, 3.63) is 108 Å². The number of nitrogens with zero attached hydrogens (tertiary/aromatic N) is 2. The third-order valence-corrected chi connectivity index (χ3v) is 8.26. The number of ether oxygens (including phenoxy) is 2. The highest BCUT2D eigenvalue weighted by Gasteiger charge is 2.23. The van der Waals surface area contributed by atoms with E-state index in [0.29, 0.717) is 41.4 Å². The lowest BCUT2D eigenvalue weighted by molar-refractivity contribution is 0.206. The van der Waals surface area contributed by atoms with Crippen LogP contribution in [0.3, 0.4) is 0 Å². The van der Waals surface area contributed by atoms with Gasteiger partial charge in [-0.2, -0.15) is 8.42 Å². The van der Waals surface area contributed by atoms with Crippen LogP contribution < -0.4 is 23.9 Å². The molecule has 9 nitrogen and oxygen atoms in total. The second kappa shape index (κ2) is 14.6. The van der Waals surface area contributed by atoms with E-state index in [1.807, 2.05) is 19.9 Å². The molecule has 0 aliphatic carbocycles. The van der Waals surface area contributed by atoms with Crippen LogP contribution in [0.2, 0.25) is 0 Å². The fourth-order valence-electron chi connectivity index (χ4n) is 4.60. The topological polar surface area (TPSA) is 97.4 Å². The van der Waals surface area contributed by atoms with Crippen LogP contribution in [0.1, 0.15) is 25.0 Å². The minimum Gasteiger partial charge on any atom is -0.497 e. The number of halogens is 1. The second-order valence-corrected chi connectivity index (χ2v) is 11.3. The molecule has 2 amide bonds. The number of nitrogens with one attached hydrogen (secondary N) is 1. The number of amides is 2. The first kappa shape index (κ1) is 32.2. The molecule has 0 saturated heterocycles. The average molecular weight is 622 g/mol. The van der Waals surface area contributed by atoms with Gasteiger partial charge in [0.05, 0.1) is 26.5 Å². The monoisotopic (exact) mass is 621 g/mol. The summed E-state index contributed by atoms with van der Waals surface area (Å²) in [5.41, 5.74) is 2.35. The van der Waals surface area contributed by atoms with Crippen molar-refractivity contribution < 1.29 is 31.3 Å². The summed E-state index contributed by atoms with van der Waals surface area (Å²) in [5.74, 6) is 0.663. The van der Waals surface area contributed by atoms with E-state index in [2.05, 4.69) is 10.2 Å². The lowest BCUT2D eigenvalue weighted by Gasteiger charge is -2.26. The van der Waals surface area contributed by atoms with Gasteiger partial charge in [-0.05, 0) is 74.0 Å². The maximum absolute atomic E-state index is 13.7. The van der Waals surface area contributed by atoms with Gasteiger partial charge in [-0.25, -0.2) is 9.18 Å². The molecule has 1 N–H and O–H groups in total. The molecule has 4 aromatic carbocycles. The summed E-state index contributed by atoms with van der Waals surface area (Å²) in [6.07, 6.45) is 0. The Labute approximate surface area is 257 Å². The van der Waals surface area contributed by atoms with E-state index in [-0.39, 0.29) is 23.7 Å². The molecule has 0 atom stereocenters. The number of benzene rings is 4. The maximum Gasteiger partial charge on any atom is 0.339 e. The molecule has 0 radical (unpaired) electrons. The van der Waals surface area contributed by atoms with E-state index >= 15 is 0 Å². The van der Waals surface area contributed by atoms with E-state index in [0.717, 1.165) is 5.69 Å². The van der Waals surface area contributed by atoms with E-state index < -0.39 is 22.0 Å². The minimum atomic E-state index is -4.25. The van der Waals surface area contributed by atoms with Crippen LogP contribution in [0, 0.1) is 5.82 Å². The zero-order chi connectivity index (χ0) is 31.7. The standard InChI is InChI=1S/C33H36FN3O6S/c1-5-36(6-2)27-16-13-25(32(21-27)43-44(39,40)29-19-17-28(41-3)18-20-29)23-37(22-24-11-14-26(34)15-12-24)33(38)35-30-9-7-8-10-31(30)42-4/h7-21H,5-6,22-23H2,1-4H3,(H,35,38). The fourth-order valence-corrected chi connectivity index (χ4v) is 5.56. The van der Waals surface area contributed by atoms with Crippen molar-refractivity contribution >= 4 is 27.5 Å². The molecule has 0 aliphatic heterocycles. The van der Waals surface area contributed by atoms with Crippen LogP contribution in [0.25, 0.3) is 0 Å². The molecule has 0 aromatic heterocycles. The number of rotatable bonds is 13. The minimum absolute atomic E-state index is 0.0235. The van der Waals surface area contributed by atoms with Gasteiger partial charge in [-0.3, -0.25) is 0 Å². The Bertz CT molecular complexity index is 1660. The highest BCUT2D eigenvalue weighted by molar-refractivity contribution is 7.87. The molecule has 0 heterocycles. The summed E-state index contributed by atoms with van der Waals surface area (Å²) < 4.78 is 56.8. The summed E-state index contributed by atoms with van der Waals surface area (Å²) in [6.45, 7) is 5.46. The number of anilines is 2. The number of hydrogen-bond donors (Lipinski definition) is 1. The Kier molecular flexibility index (Phi) is 10.7. The first-order valence-corrected chi connectivity index (χ1v) is 15.5. The van der Waals surface area contributed by atoms with Gasteiger partial charge in [-0.15, -0.1) is 0 Å². The second-order valence-electron chi connectivity index (χ2n) is 9.79. The van der Waals surface area contributed by atoms with Crippen molar-refractivity contribution in [2.75, 3.05) is 37.5 Å². The smallest absolute Gasteiger partial charge is 0.339 e. The SMILES string of the molecule is CCN(CC)c1ccc(CN(Cc2ccc(F)cc2)C(=O)Nc2ccccc2OC)c(OS(=O)(=O)c2ccc(OC)cc2)c1. The van der Waals surface area contributed by atoms with Gasteiger partial charge < -0.3 is 28.8 Å². The average Bonchev–Trinajstić information content (AvgIpc) is 3.03. The molecule has 0 fully saturated rings. The van der Waals surface area contributed by atoms with Crippen molar-refractivity contribution in [3.8, 4) is 17.2 Å². The van der Waals surface area contributed by atoms with Crippen molar-refractivity contribution in [1.82, 2.24) is 4.90 Å². The molecule has 0 aliphatic rings. The molecule has 11 heteroatoms. The molecule has 0 spiro atoms. The predicted octanol–water partition coefficient (Wildman–Crippen LogP) is 6.69. The Balaban J connectivity index is 1.73. The first-order chi connectivity index (χ1) is 21.2. The van der Waals surface area contributed by atoms with E-state index in [1.165, 1.54) is 55.5 Å². The van der Waals surface area contributed by atoms with Gasteiger partial charge in [0.1, 0.15) is 28.0 Å². The lowest BCUT2D eigenvalue weighted by atomic mass is 10.1. The molecular weight excluding hydrogens is 585 g/mol. The summed E-state index contributed by atoms with van der Waals surface area (Å²) in [7, 11) is -1.25. The van der Waals surface area contributed by atoms with Gasteiger partial charge in [0.2, 0.25) is 0 Å². The zero-order valence-corrected chi connectivity index (χ0v) is 25.9. The molecule has 0 saturated carbocycles. The number of methoxy groups -OCH3 is 2. The van der Waals surface area contributed by atoms with Crippen LogP contribution in [0.5, 0.6) is 17.2 Å². The van der Waals surface area contributed by atoms with Gasteiger partial charge in [0.25, 0.3) is 0 Å².